The van der Waals surface area contributed by atoms with E-state index in [9.17, 15) is 4.79 Å². The Labute approximate surface area is 136 Å². The van der Waals surface area contributed by atoms with Crippen molar-refractivity contribution in [3.05, 3.63) is 84.4 Å². The third kappa shape index (κ3) is 3.98. The summed E-state index contributed by atoms with van der Waals surface area (Å²) in [7, 11) is 0. The number of carbonyl (C=O) groups is 1. The Morgan fingerprint density at radius 3 is 1.70 bits per heavy atom. The summed E-state index contributed by atoms with van der Waals surface area (Å²) in [6.45, 7) is 2.01. The lowest BCUT2D eigenvalue weighted by atomic mass is 10.1. The summed E-state index contributed by atoms with van der Waals surface area (Å²) in [6.07, 6.45) is 0. The van der Waals surface area contributed by atoms with Crippen molar-refractivity contribution in [2.45, 2.75) is 6.92 Å². The Morgan fingerprint density at radius 2 is 1.13 bits per heavy atom. The molecule has 3 heteroatoms. The maximum atomic E-state index is 12.0. The molecule has 3 aromatic rings. The van der Waals surface area contributed by atoms with E-state index in [1.807, 2.05) is 73.7 Å². The molecule has 3 aromatic carbocycles. The number of anilines is 2. The maximum absolute atomic E-state index is 12.0. The van der Waals surface area contributed by atoms with E-state index in [1.165, 1.54) is 0 Å². The highest BCUT2D eigenvalue weighted by atomic mass is 16.2. The first kappa shape index (κ1) is 14.9. The summed E-state index contributed by atoms with van der Waals surface area (Å²) >= 11 is 0. The van der Waals surface area contributed by atoms with Gasteiger partial charge in [0.2, 0.25) is 0 Å². The molecule has 3 rings (SSSR count). The first-order valence-corrected chi connectivity index (χ1v) is 7.51. The van der Waals surface area contributed by atoms with Crippen LogP contribution in [0.25, 0.3) is 11.1 Å². The standard InChI is InChI=1S/C20H18N2O/c1-15-7-11-18(12-8-15)21-20(23)22-19-13-9-17(10-14-19)16-5-3-2-4-6-16/h2-14H,1H3,(H2,21,22,23). The molecule has 3 nitrogen and oxygen atoms in total. The van der Waals surface area contributed by atoms with Gasteiger partial charge in [-0.3, -0.25) is 0 Å². The smallest absolute Gasteiger partial charge is 0.308 e. The number of nitrogens with one attached hydrogen (secondary N) is 2. The molecule has 23 heavy (non-hydrogen) atoms. The molecule has 114 valence electrons. The molecule has 0 heterocycles. The molecule has 0 unspecified atom stereocenters. The minimum absolute atomic E-state index is 0.249. The van der Waals surface area contributed by atoms with Crippen LogP contribution >= 0.6 is 0 Å². The predicted molar refractivity (Wildman–Crippen MR) is 95.7 cm³/mol. The molecule has 0 atom stereocenters. The molecule has 0 fully saturated rings. The van der Waals surface area contributed by atoms with Gasteiger partial charge in [0.05, 0.1) is 0 Å². The van der Waals surface area contributed by atoms with Crippen LogP contribution in [-0.2, 0) is 0 Å². The molecule has 2 amide bonds. The van der Waals surface area contributed by atoms with Gasteiger partial charge in [0.25, 0.3) is 0 Å². The van der Waals surface area contributed by atoms with Crippen molar-refractivity contribution in [3.8, 4) is 11.1 Å². The SMILES string of the molecule is Cc1ccc(NC(=O)Nc2ccc(-c3ccccc3)cc2)cc1. The summed E-state index contributed by atoms with van der Waals surface area (Å²) in [4.78, 5) is 12.0. The number of rotatable bonds is 3. The second kappa shape index (κ2) is 6.79. The number of hydrogen-bond donors (Lipinski definition) is 2. The van der Waals surface area contributed by atoms with Gasteiger partial charge in [0.1, 0.15) is 0 Å². The fourth-order valence-corrected chi connectivity index (χ4v) is 2.31. The molecular formula is C20H18N2O. The van der Waals surface area contributed by atoms with E-state index in [4.69, 9.17) is 0 Å². The first-order valence-electron chi connectivity index (χ1n) is 7.51. The van der Waals surface area contributed by atoms with Crippen molar-refractivity contribution >= 4 is 17.4 Å². The fraction of sp³-hybridized carbons (Fsp3) is 0.0500. The average molecular weight is 302 g/mol. The zero-order chi connectivity index (χ0) is 16.1. The minimum atomic E-state index is -0.249. The molecule has 0 aliphatic heterocycles. The summed E-state index contributed by atoms with van der Waals surface area (Å²) < 4.78 is 0. The molecule has 0 saturated carbocycles. The largest absolute Gasteiger partial charge is 0.323 e. The zero-order valence-electron chi connectivity index (χ0n) is 12.9. The first-order chi connectivity index (χ1) is 11.2. The lowest BCUT2D eigenvalue weighted by molar-refractivity contribution is 0.262. The molecule has 0 aromatic heterocycles. The molecule has 0 bridgehead atoms. The van der Waals surface area contributed by atoms with Crippen LogP contribution in [-0.4, -0.2) is 6.03 Å². The normalized spacial score (nSPS) is 10.1. The van der Waals surface area contributed by atoms with Gasteiger partial charge in [-0.2, -0.15) is 0 Å². The van der Waals surface area contributed by atoms with Crippen LogP contribution in [0.3, 0.4) is 0 Å². The molecular weight excluding hydrogens is 284 g/mol. The van der Waals surface area contributed by atoms with E-state index in [2.05, 4.69) is 22.8 Å². The lowest BCUT2D eigenvalue weighted by Crippen LogP contribution is -2.19. The molecule has 0 saturated heterocycles. The highest BCUT2D eigenvalue weighted by Gasteiger charge is 2.03. The molecule has 0 spiro atoms. The van der Waals surface area contributed by atoms with Crippen LogP contribution in [0.5, 0.6) is 0 Å². The predicted octanol–water partition coefficient (Wildman–Crippen LogP) is 5.31. The highest BCUT2D eigenvalue weighted by molar-refractivity contribution is 5.99. The Kier molecular flexibility index (Phi) is 4.39. The number of carbonyl (C=O) groups excluding carboxylic acids is 1. The van der Waals surface area contributed by atoms with E-state index in [-0.39, 0.29) is 6.03 Å². The van der Waals surface area contributed by atoms with Crippen LogP contribution in [0.1, 0.15) is 5.56 Å². The highest BCUT2D eigenvalue weighted by Crippen LogP contribution is 2.21. The molecule has 0 aliphatic carbocycles. The van der Waals surface area contributed by atoms with Crippen molar-refractivity contribution in [1.29, 1.82) is 0 Å². The van der Waals surface area contributed by atoms with Gasteiger partial charge < -0.3 is 10.6 Å². The topological polar surface area (TPSA) is 41.1 Å². The van der Waals surface area contributed by atoms with Crippen molar-refractivity contribution in [2.75, 3.05) is 10.6 Å². The van der Waals surface area contributed by atoms with Crippen LogP contribution in [0.15, 0.2) is 78.9 Å². The van der Waals surface area contributed by atoms with E-state index in [1.54, 1.807) is 0 Å². The quantitative estimate of drug-likeness (QED) is 0.676. The van der Waals surface area contributed by atoms with E-state index >= 15 is 0 Å². The van der Waals surface area contributed by atoms with E-state index in [0.717, 1.165) is 28.1 Å². The van der Waals surface area contributed by atoms with Crippen molar-refractivity contribution in [1.82, 2.24) is 0 Å². The van der Waals surface area contributed by atoms with Crippen LogP contribution in [0.4, 0.5) is 16.2 Å². The van der Waals surface area contributed by atoms with Gasteiger partial charge in [0.15, 0.2) is 0 Å². The second-order valence-corrected chi connectivity index (χ2v) is 5.39. The number of amides is 2. The number of benzene rings is 3. The Bertz CT molecular complexity index is 778. The van der Waals surface area contributed by atoms with Gasteiger partial charge in [-0.05, 0) is 42.3 Å². The van der Waals surface area contributed by atoms with Crippen LogP contribution in [0.2, 0.25) is 0 Å². The van der Waals surface area contributed by atoms with Gasteiger partial charge in [-0.25, -0.2) is 4.79 Å². The van der Waals surface area contributed by atoms with Crippen LogP contribution in [0, 0.1) is 6.92 Å². The van der Waals surface area contributed by atoms with Gasteiger partial charge >= 0.3 is 6.03 Å². The summed E-state index contributed by atoms with van der Waals surface area (Å²) in [6, 6.07) is 25.4. The number of hydrogen-bond acceptors (Lipinski definition) is 1. The summed E-state index contributed by atoms with van der Waals surface area (Å²) in [5.74, 6) is 0. The maximum Gasteiger partial charge on any atom is 0.323 e. The van der Waals surface area contributed by atoms with Crippen molar-refractivity contribution < 1.29 is 4.79 Å². The monoisotopic (exact) mass is 302 g/mol. The summed E-state index contributed by atoms with van der Waals surface area (Å²) in [5.41, 5.74) is 4.97. The van der Waals surface area contributed by atoms with Crippen molar-refractivity contribution in [2.24, 2.45) is 0 Å². The summed E-state index contributed by atoms with van der Waals surface area (Å²) in [5, 5.41) is 5.65. The average Bonchev–Trinajstić information content (AvgIpc) is 2.58. The zero-order valence-corrected chi connectivity index (χ0v) is 12.9. The van der Waals surface area contributed by atoms with Gasteiger partial charge in [0, 0.05) is 11.4 Å². The number of urea groups is 1. The fourth-order valence-electron chi connectivity index (χ4n) is 2.31. The lowest BCUT2D eigenvalue weighted by Gasteiger charge is -2.09. The van der Waals surface area contributed by atoms with E-state index < -0.39 is 0 Å². The van der Waals surface area contributed by atoms with Crippen LogP contribution < -0.4 is 10.6 Å². The van der Waals surface area contributed by atoms with E-state index in [0.29, 0.717) is 0 Å². The Morgan fingerprint density at radius 1 is 0.652 bits per heavy atom. The molecule has 0 radical (unpaired) electrons. The third-order valence-electron chi connectivity index (χ3n) is 3.56. The molecule has 2 N–H and O–H groups in total. The van der Waals surface area contributed by atoms with Gasteiger partial charge in [-0.15, -0.1) is 0 Å². The Balaban J connectivity index is 1.64. The van der Waals surface area contributed by atoms with Gasteiger partial charge in [-0.1, -0.05) is 60.2 Å². The van der Waals surface area contributed by atoms with Crippen molar-refractivity contribution in [3.63, 3.8) is 0 Å². The second-order valence-electron chi connectivity index (χ2n) is 5.39. The molecule has 0 aliphatic rings. The minimum Gasteiger partial charge on any atom is -0.308 e. The number of aryl methyl sites for hydroxylation is 1. The third-order valence-corrected chi connectivity index (χ3v) is 3.56. The Hall–Kier alpha value is -3.07.